The summed E-state index contributed by atoms with van der Waals surface area (Å²) in [6.45, 7) is 0.616. The van der Waals surface area contributed by atoms with Gasteiger partial charge in [0.05, 0.1) is 12.7 Å². The molecule has 0 bridgehead atoms. The molecule has 2 N–H and O–H groups in total. The quantitative estimate of drug-likeness (QED) is 0.895. The van der Waals surface area contributed by atoms with E-state index in [9.17, 15) is 9.90 Å². The molecule has 0 saturated carbocycles. The third-order valence-corrected chi connectivity index (χ3v) is 3.23. The Morgan fingerprint density at radius 3 is 3.00 bits per heavy atom. The fourth-order valence-corrected chi connectivity index (χ4v) is 2.48. The van der Waals surface area contributed by atoms with E-state index in [4.69, 9.17) is 9.84 Å². The molecule has 0 spiro atoms. The van der Waals surface area contributed by atoms with Gasteiger partial charge in [0.1, 0.15) is 5.75 Å². The largest absolute Gasteiger partial charge is 0.493 e. The molecule has 0 radical (unpaired) electrons. The van der Waals surface area contributed by atoms with Crippen LogP contribution in [-0.4, -0.2) is 22.8 Å². The lowest BCUT2D eigenvalue weighted by Crippen LogP contribution is -2.04. The van der Waals surface area contributed by atoms with Gasteiger partial charge in [-0.25, -0.2) is 0 Å². The van der Waals surface area contributed by atoms with Crippen LogP contribution in [0.3, 0.4) is 0 Å². The molecule has 0 amide bonds. The van der Waals surface area contributed by atoms with Crippen molar-refractivity contribution in [1.29, 1.82) is 0 Å². The van der Waals surface area contributed by atoms with Crippen LogP contribution < -0.4 is 4.74 Å². The van der Waals surface area contributed by atoms with Crippen molar-refractivity contribution in [2.75, 3.05) is 6.61 Å². The number of carbonyl (C=O) groups is 1. The average molecular weight is 301 g/mol. The summed E-state index contributed by atoms with van der Waals surface area (Å²) in [5.41, 5.74) is 1.73. The molecule has 1 aromatic carbocycles. The minimum Gasteiger partial charge on any atom is -0.493 e. The number of aliphatic carboxylic acids is 1. The fourth-order valence-electron chi connectivity index (χ4n) is 1.96. The van der Waals surface area contributed by atoms with Crippen LogP contribution in [0.1, 0.15) is 30.1 Å². The van der Waals surface area contributed by atoms with Gasteiger partial charge in [-0.05, 0) is 24.1 Å². The topological polar surface area (TPSA) is 66.8 Å². The van der Waals surface area contributed by atoms with E-state index in [-0.39, 0.29) is 12.8 Å². The second kappa shape index (κ2) is 5.06. The number of ether oxygens (including phenoxy) is 1. The Bertz CT molecular complexity index is 444. The number of benzene rings is 1. The highest BCUT2D eigenvalue weighted by Gasteiger charge is 2.22. The standard InChI is InChI=1S/C12H13BrO4/c13-8-5-7-3-4-17-12(7)9(6-8)10(14)1-2-11(15)16/h5-6,10,14H,1-4H2,(H,15,16). The Balaban J connectivity index is 2.22. The smallest absolute Gasteiger partial charge is 0.303 e. The molecule has 5 heteroatoms. The molecule has 0 aliphatic carbocycles. The zero-order chi connectivity index (χ0) is 12.4. The van der Waals surface area contributed by atoms with Crippen LogP contribution in [0.25, 0.3) is 0 Å². The highest BCUT2D eigenvalue weighted by molar-refractivity contribution is 9.10. The summed E-state index contributed by atoms with van der Waals surface area (Å²) in [7, 11) is 0. The molecule has 1 heterocycles. The van der Waals surface area contributed by atoms with E-state index in [1.165, 1.54) is 0 Å². The van der Waals surface area contributed by atoms with Crippen molar-refractivity contribution < 1.29 is 19.7 Å². The monoisotopic (exact) mass is 300 g/mol. The van der Waals surface area contributed by atoms with Crippen molar-refractivity contribution in [3.05, 3.63) is 27.7 Å². The van der Waals surface area contributed by atoms with Crippen LogP contribution in [0, 0.1) is 0 Å². The molecule has 1 unspecified atom stereocenters. The Hall–Kier alpha value is -1.07. The third-order valence-electron chi connectivity index (χ3n) is 2.77. The van der Waals surface area contributed by atoms with Crippen LogP contribution in [0.15, 0.2) is 16.6 Å². The molecule has 2 rings (SSSR count). The molecule has 0 aromatic heterocycles. The van der Waals surface area contributed by atoms with E-state index in [1.807, 2.05) is 6.07 Å². The van der Waals surface area contributed by atoms with Gasteiger partial charge in [0.2, 0.25) is 0 Å². The predicted octanol–water partition coefficient (Wildman–Crippen LogP) is 2.28. The minimum absolute atomic E-state index is 0.0531. The van der Waals surface area contributed by atoms with Crippen LogP contribution in [0.5, 0.6) is 5.75 Å². The van der Waals surface area contributed by atoms with Crippen LogP contribution in [-0.2, 0) is 11.2 Å². The maximum absolute atomic E-state index is 10.5. The van der Waals surface area contributed by atoms with E-state index in [0.29, 0.717) is 17.9 Å². The van der Waals surface area contributed by atoms with Gasteiger partial charge in [0, 0.05) is 22.9 Å². The Labute approximate surface area is 107 Å². The first-order chi connectivity index (χ1) is 8.08. The summed E-state index contributed by atoms with van der Waals surface area (Å²) in [6.07, 6.45) is 0.174. The molecular formula is C12H13BrO4. The highest BCUT2D eigenvalue weighted by atomic mass is 79.9. The van der Waals surface area contributed by atoms with Gasteiger partial charge in [0.25, 0.3) is 0 Å². The van der Waals surface area contributed by atoms with E-state index >= 15 is 0 Å². The molecule has 0 saturated heterocycles. The SMILES string of the molecule is O=C(O)CCC(O)c1cc(Br)cc2c1OCC2. The number of carboxylic acids is 1. The van der Waals surface area contributed by atoms with Gasteiger partial charge in [-0.2, -0.15) is 0 Å². The minimum atomic E-state index is -0.906. The normalized spacial score (nSPS) is 15.2. The van der Waals surface area contributed by atoms with Crippen molar-refractivity contribution in [3.63, 3.8) is 0 Å². The van der Waals surface area contributed by atoms with Crippen molar-refractivity contribution in [3.8, 4) is 5.75 Å². The lowest BCUT2D eigenvalue weighted by Gasteiger charge is -2.14. The molecule has 1 atom stereocenters. The summed E-state index contributed by atoms with van der Waals surface area (Å²) in [4.78, 5) is 10.5. The highest BCUT2D eigenvalue weighted by Crippen LogP contribution is 2.37. The molecule has 92 valence electrons. The first-order valence-corrected chi connectivity index (χ1v) is 6.22. The van der Waals surface area contributed by atoms with Crippen LogP contribution in [0.4, 0.5) is 0 Å². The number of aliphatic hydroxyl groups excluding tert-OH is 1. The maximum atomic E-state index is 10.5. The van der Waals surface area contributed by atoms with E-state index < -0.39 is 12.1 Å². The zero-order valence-electron chi connectivity index (χ0n) is 9.15. The van der Waals surface area contributed by atoms with Crippen LogP contribution >= 0.6 is 15.9 Å². The number of rotatable bonds is 4. The fraction of sp³-hybridized carbons (Fsp3) is 0.417. The van der Waals surface area contributed by atoms with E-state index in [1.54, 1.807) is 6.07 Å². The molecule has 1 aliphatic heterocycles. The second-order valence-corrected chi connectivity index (χ2v) is 4.95. The van der Waals surface area contributed by atoms with E-state index in [2.05, 4.69) is 15.9 Å². The van der Waals surface area contributed by atoms with Gasteiger partial charge < -0.3 is 14.9 Å². The number of carboxylic acid groups (broad SMARTS) is 1. The van der Waals surface area contributed by atoms with Crippen molar-refractivity contribution in [2.24, 2.45) is 0 Å². The Morgan fingerprint density at radius 2 is 2.29 bits per heavy atom. The van der Waals surface area contributed by atoms with Gasteiger partial charge in [-0.3, -0.25) is 4.79 Å². The molecule has 1 aromatic rings. The second-order valence-electron chi connectivity index (χ2n) is 4.03. The Kier molecular flexibility index (Phi) is 3.69. The predicted molar refractivity (Wildman–Crippen MR) is 65.2 cm³/mol. The third kappa shape index (κ3) is 2.79. The summed E-state index contributed by atoms with van der Waals surface area (Å²) in [5, 5.41) is 18.6. The van der Waals surface area contributed by atoms with Crippen LogP contribution in [0.2, 0.25) is 0 Å². The summed E-state index contributed by atoms with van der Waals surface area (Å²) < 4.78 is 6.36. The molecule has 4 nitrogen and oxygen atoms in total. The van der Waals surface area contributed by atoms with Gasteiger partial charge >= 0.3 is 5.97 Å². The van der Waals surface area contributed by atoms with Crippen molar-refractivity contribution >= 4 is 21.9 Å². The number of aliphatic hydroxyl groups is 1. The summed E-state index contributed by atoms with van der Waals surface area (Å²) >= 11 is 3.38. The van der Waals surface area contributed by atoms with Crippen molar-refractivity contribution in [2.45, 2.75) is 25.4 Å². The molecule has 17 heavy (non-hydrogen) atoms. The Morgan fingerprint density at radius 1 is 1.53 bits per heavy atom. The number of halogens is 1. The first kappa shape index (κ1) is 12.4. The van der Waals surface area contributed by atoms with Gasteiger partial charge in [-0.15, -0.1) is 0 Å². The number of hydrogen-bond acceptors (Lipinski definition) is 3. The average Bonchev–Trinajstić information content (AvgIpc) is 2.72. The molecule has 1 aliphatic rings. The van der Waals surface area contributed by atoms with E-state index in [0.717, 1.165) is 16.5 Å². The summed E-state index contributed by atoms with van der Waals surface area (Å²) in [6, 6.07) is 3.76. The molecule has 0 fully saturated rings. The number of hydrogen-bond donors (Lipinski definition) is 2. The molecular weight excluding hydrogens is 288 g/mol. The number of fused-ring (bicyclic) bond motifs is 1. The van der Waals surface area contributed by atoms with Crippen molar-refractivity contribution in [1.82, 2.24) is 0 Å². The van der Waals surface area contributed by atoms with Gasteiger partial charge in [0.15, 0.2) is 0 Å². The zero-order valence-corrected chi connectivity index (χ0v) is 10.7. The first-order valence-electron chi connectivity index (χ1n) is 5.43. The van der Waals surface area contributed by atoms with Gasteiger partial charge in [-0.1, -0.05) is 15.9 Å². The maximum Gasteiger partial charge on any atom is 0.303 e. The lowest BCUT2D eigenvalue weighted by molar-refractivity contribution is -0.137. The lowest BCUT2D eigenvalue weighted by atomic mass is 10.0. The summed E-state index contributed by atoms with van der Waals surface area (Å²) in [5.74, 6) is -0.192.